The van der Waals surface area contributed by atoms with Gasteiger partial charge in [0.25, 0.3) is 0 Å². The van der Waals surface area contributed by atoms with Crippen LogP contribution in [-0.2, 0) is 4.79 Å². The standard InChI is InChI=1S/C15H28O4/c1-5-7-8-15(6-2,9-10-16)13(17)11(3)12(4)14(18)19/h13,16-17H,5-10H2,1-4H3,(H,18,19). The molecule has 2 unspecified atom stereocenters. The molecule has 0 aromatic carbocycles. The van der Waals surface area contributed by atoms with Crippen LogP contribution in [0.3, 0.4) is 0 Å². The van der Waals surface area contributed by atoms with E-state index in [2.05, 4.69) is 6.92 Å². The van der Waals surface area contributed by atoms with Gasteiger partial charge in [-0.25, -0.2) is 4.79 Å². The van der Waals surface area contributed by atoms with Crippen molar-refractivity contribution >= 4 is 5.97 Å². The maximum Gasteiger partial charge on any atom is 0.331 e. The van der Waals surface area contributed by atoms with Gasteiger partial charge in [-0.3, -0.25) is 0 Å². The van der Waals surface area contributed by atoms with Crippen LogP contribution in [0.2, 0.25) is 0 Å². The second-order valence-corrected chi connectivity index (χ2v) is 5.31. The van der Waals surface area contributed by atoms with Gasteiger partial charge in [0.2, 0.25) is 0 Å². The summed E-state index contributed by atoms with van der Waals surface area (Å²) in [6, 6.07) is 0. The van der Waals surface area contributed by atoms with Gasteiger partial charge in [-0.2, -0.15) is 0 Å². The maximum absolute atomic E-state index is 11.0. The van der Waals surface area contributed by atoms with Crippen LogP contribution in [0, 0.1) is 5.41 Å². The fourth-order valence-corrected chi connectivity index (χ4v) is 2.53. The lowest BCUT2D eigenvalue weighted by Crippen LogP contribution is -2.37. The number of carboxylic acids is 1. The first-order chi connectivity index (χ1) is 8.86. The highest BCUT2D eigenvalue weighted by atomic mass is 16.4. The van der Waals surface area contributed by atoms with Gasteiger partial charge in [0.15, 0.2) is 0 Å². The molecule has 2 atom stereocenters. The number of hydrogen-bond donors (Lipinski definition) is 3. The number of hydrogen-bond acceptors (Lipinski definition) is 3. The van der Waals surface area contributed by atoms with E-state index in [4.69, 9.17) is 5.11 Å². The van der Waals surface area contributed by atoms with Gasteiger partial charge in [-0.1, -0.05) is 26.7 Å². The van der Waals surface area contributed by atoms with Crippen LogP contribution in [-0.4, -0.2) is 34.0 Å². The number of unbranched alkanes of at least 4 members (excludes halogenated alkanes) is 1. The largest absolute Gasteiger partial charge is 0.478 e. The summed E-state index contributed by atoms with van der Waals surface area (Å²) in [5.74, 6) is -0.999. The number of carbonyl (C=O) groups is 1. The zero-order chi connectivity index (χ0) is 15.1. The topological polar surface area (TPSA) is 77.8 Å². The molecule has 0 aromatic rings. The average molecular weight is 272 g/mol. The zero-order valence-corrected chi connectivity index (χ0v) is 12.6. The number of aliphatic hydroxyl groups is 2. The van der Waals surface area contributed by atoms with E-state index in [1.165, 1.54) is 6.92 Å². The molecule has 0 aliphatic rings. The maximum atomic E-state index is 11.0. The predicted octanol–water partition coefficient (Wildman–Crippen LogP) is 2.74. The first-order valence-electron chi connectivity index (χ1n) is 7.05. The molecular weight excluding hydrogens is 244 g/mol. The minimum Gasteiger partial charge on any atom is -0.478 e. The third-order valence-corrected chi connectivity index (χ3v) is 4.24. The van der Waals surface area contributed by atoms with E-state index in [1.807, 2.05) is 6.92 Å². The van der Waals surface area contributed by atoms with E-state index in [-0.39, 0.29) is 12.2 Å². The summed E-state index contributed by atoms with van der Waals surface area (Å²) in [5.41, 5.74) is 0.268. The van der Waals surface area contributed by atoms with Crippen molar-refractivity contribution < 1.29 is 20.1 Å². The van der Waals surface area contributed by atoms with Gasteiger partial charge in [0.05, 0.1) is 6.10 Å². The predicted molar refractivity (Wildman–Crippen MR) is 76.0 cm³/mol. The minimum atomic E-state index is -0.999. The normalized spacial score (nSPS) is 17.6. The molecule has 0 aliphatic heterocycles. The molecule has 112 valence electrons. The smallest absolute Gasteiger partial charge is 0.331 e. The zero-order valence-electron chi connectivity index (χ0n) is 12.6. The Balaban J connectivity index is 5.35. The number of aliphatic carboxylic acids is 1. The molecule has 3 N–H and O–H groups in total. The average Bonchev–Trinajstić information content (AvgIpc) is 2.40. The molecule has 0 spiro atoms. The quantitative estimate of drug-likeness (QED) is 0.564. The summed E-state index contributed by atoms with van der Waals surface area (Å²) >= 11 is 0. The van der Waals surface area contributed by atoms with Crippen LogP contribution >= 0.6 is 0 Å². The van der Waals surface area contributed by atoms with E-state index in [9.17, 15) is 15.0 Å². The molecule has 0 saturated heterocycles. The van der Waals surface area contributed by atoms with Crippen molar-refractivity contribution in [3.63, 3.8) is 0 Å². The molecule has 0 fully saturated rings. The summed E-state index contributed by atoms with van der Waals surface area (Å²) in [6.45, 7) is 7.25. The SMILES string of the molecule is CCCCC(CC)(CCO)C(O)C(C)=C(C)C(=O)O. The van der Waals surface area contributed by atoms with E-state index in [0.717, 1.165) is 25.7 Å². The van der Waals surface area contributed by atoms with E-state index in [0.29, 0.717) is 12.0 Å². The second kappa shape index (κ2) is 8.33. The van der Waals surface area contributed by atoms with Crippen LogP contribution in [0.4, 0.5) is 0 Å². The van der Waals surface area contributed by atoms with Crippen molar-refractivity contribution in [3.05, 3.63) is 11.1 Å². The Bertz CT molecular complexity index is 322. The van der Waals surface area contributed by atoms with E-state index in [1.54, 1.807) is 6.92 Å². The third-order valence-electron chi connectivity index (χ3n) is 4.24. The summed E-state index contributed by atoms with van der Waals surface area (Å²) in [4.78, 5) is 11.0. The number of aliphatic hydroxyl groups excluding tert-OH is 2. The molecule has 19 heavy (non-hydrogen) atoms. The van der Waals surface area contributed by atoms with Crippen LogP contribution in [0.1, 0.15) is 59.8 Å². The van der Waals surface area contributed by atoms with E-state index < -0.39 is 17.5 Å². The Labute approximate surface area is 116 Å². The molecule has 0 rings (SSSR count). The molecule has 0 bridgehead atoms. The Morgan fingerprint density at radius 1 is 1.21 bits per heavy atom. The fraction of sp³-hybridized carbons (Fsp3) is 0.800. The Kier molecular flexibility index (Phi) is 7.95. The van der Waals surface area contributed by atoms with Gasteiger partial charge in [-0.15, -0.1) is 0 Å². The number of carboxylic acid groups (broad SMARTS) is 1. The van der Waals surface area contributed by atoms with Gasteiger partial charge < -0.3 is 15.3 Å². The van der Waals surface area contributed by atoms with Crippen LogP contribution in [0.25, 0.3) is 0 Å². The van der Waals surface area contributed by atoms with Crippen LogP contribution < -0.4 is 0 Å². The first-order valence-corrected chi connectivity index (χ1v) is 7.05. The molecular formula is C15H28O4. The Morgan fingerprint density at radius 2 is 1.79 bits per heavy atom. The number of rotatable bonds is 9. The highest BCUT2D eigenvalue weighted by Gasteiger charge is 2.37. The highest BCUT2D eigenvalue weighted by Crippen LogP contribution is 2.39. The lowest BCUT2D eigenvalue weighted by Gasteiger charge is -2.38. The third kappa shape index (κ3) is 4.62. The molecule has 4 nitrogen and oxygen atoms in total. The van der Waals surface area contributed by atoms with Crippen LogP contribution in [0.5, 0.6) is 0 Å². The summed E-state index contributed by atoms with van der Waals surface area (Å²) in [7, 11) is 0. The minimum absolute atomic E-state index is 0.00795. The van der Waals surface area contributed by atoms with Crippen molar-refractivity contribution in [2.45, 2.75) is 65.9 Å². The summed E-state index contributed by atoms with van der Waals surface area (Å²) < 4.78 is 0. The van der Waals surface area contributed by atoms with E-state index >= 15 is 0 Å². The first kappa shape index (κ1) is 18.1. The fourth-order valence-electron chi connectivity index (χ4n) is 2.53. The van der Waals surface area contributed by atoms with Crippen LogP contribution in [0.15, 0.2) is 11.1 Å². The van der Waals surface area contributed by atoms with Gasteiger partial charge in [0.1, 0.15) is 0 Å². The molecule has 4 heteroatoms. The van der Waals surface area contributed by atoms with Crippen molar-refractivity contribution in [1.29, 1.82) is 0 Å². The van der Waals surface area contributed by atoms with Gasteiger partial charge in [0, 0.05) is 17.6 Å². The van der Waals surface area contributed by atoms with Crippen molar-refractivity contribution in [2.75, 3.05) is 6.61 Å². The molecule has 0 aromatic heterocycles. The van der Waals surface area contributed by atoms with Gasteiger partial charge >= 0.3 is 5.97 Å². The summed E-state index contributed by atoms with van der Waals surface area (Å²) in [5, 5.41) is 28.9. The Morgan fingerprint density at radius 3 is 2.16 bits per heavy atom. The molecule has 0 amide bonds. The molecule has 0 aliphatic carbocycles. The molecule has 0 heterocycles. The lowest BCUT2D eigenvalue weighted by molar-refractivity contribution is -0.132. The second-order valence-electron chi connectivity index (χ2n) is 5.31. The molecule has 0 saturated carbocycles. The van der Waals surface area contributed by atoms with Gasteiger partial charge in [-0.05, 0) is 38.7 Å². The molecule has 0 radical (unpaired) electrons. The monoisotopic (exact) mass is 272 g/mol. The van der Waals surface area contributed by atoms with Crippen molar-refractivity contribution in [3.8, 4) is 0 Å². The summed E-state index contributed by atoms with van der Waals surface area (Å²) in [6.07, 6.45) is 3.18. The lowest BCUT2D eigenvalue weighted by atomic mass is 9.70. The van der Waals surface area contributed by atoms with Crippen molar-refractivity contribution in [1.82, 2.24) is 0 Å². The van der Waals surface area contributed by atoms with Crippen molar-refractivity contribution in [2.24, 2.45) is 5.41 Å². The highest BCUT2D eigenvalue weighted by molar-refractivity contribution is 5.86. The Hall–Kier alpha value is -0.870.